The van der Waals surface area contributed by atoms with Gasteiger partial charge < -0.3 is 10.4 Å². The van der Waals surface area contributed by atoms with E-state index in [1.54, 1.807) is 30.3 Å². The largest absolute Gasteiger partial charge is 0.592 e. The van der Waals surface area contributed by atoms with Crippen LogP contribution in [0.25, 0.3) is 0 Å². The van der Waals surface area contributed by atoms with E-state index >= 15 is 0 Å². The molecule has 11 heavy (non-hydrogen) atoms. The second kappa shape index (κ2) is 5.12. The van der Waals surface area contributed by atoms with Crippen LogP contribution in [0.2, 0.25) is 0 Å². The van der Waals surface area contributed by atoms with Crippen molar-refractivity contribution < 1.29 is 10.1 Å². The fourth-order valence-electron chi connectivity index (χ4n) is 0.607. The third-order valence-electron chi connectivity index (χ3n) is 1.06. The summed E-state index contributed by atoms with van der Waals surface area (Å²) in [4.78, 5) is 0.139. The molecule has 0 bridgehead atoms. The summed E-state index contributed by atoms with van der Waals surface area (Å²) in [5.74, 6) is 0. The zero-order valence-electron chi connectivity index (χ0n) is 6.14. The van der Waals surface area contributed by atoms with Crippen LogP contribution in [-0.2, 0) is 0 Å². The maximum Gasteiger partial charge on any atom is 0.248 e. The number of nitrogens with zero attached hydrogens (tertiary/aromatic N) is 2. The monoisotopic (exact) mass is 161 g/mol. The molecule has 0 saturated carbocycles. The van der Waals surface area contributed by atoms with E-state index in [0.29, 0.717) is 5.69 Å². The van der Waals surface area contributed by atoms with Crippen molar-refractivity contribution in [2.45, 2.75) is 0 Å². The van der Waals surface area contributed by atoms with Crippen LogP contribution in [0.15, 0.2) is 35.6 Å². The number of hydrogen-bond acceptors (Lipinski definition) is 2. The summed E-state index contributed by atoms with van der Waals surface area (Å²) in [6.07, 6.45) is 0. The minimum atomic E-state index is 0. The molecule has 0 amide bonds. The van der Waals surface area contributed by atoms with Gasteiger partial charge in [-0.1, -0.05) is 18.2 Å². The smallest absolute Gasteiger partial charge is 0.248 e. The Morgan fingerprint density at radius 1 is 1.27 bits per heavy atom. The van der Waals surface area contributed by atoms with Crippen molar-refractivity contribution >= 4 is 35.2 Å². The Morgan fingerprint density at radius 3 is 2.27 bits per heavy atom. The molecule has 0 unspecified atom stereocenters. The molecule has 0 atom stereocenters. The van der Waals surface area contributed by atoms with E-state index in [-0.39, 0.29) is 34.4 Å². The van der Waals surface area contributed by atoms with Gasteiger partial charge in [-0.3, -0.25) is 0 Å². The second-order valence-corrected chi connectivity index (χ2v) is 1.70. The number of hydrogen-bond donors (Lipinski definition) is 1. The van der Waals surface area contributed by atoms with Gasteiger partial charge in [-0.2, -0.15) is 0 Å². The molecule has 0 fully saturated rings. The first kappa shape index (κ1) is 10.4. The van der Waals surface area contributed by atoms with Gasteiger partial charge >= 0.3 is 0 Å². The Labute approximate surface area is 86.0 Å². The Kier molecular flexibility index (Phi) is 4.85. The Hall–Kier alpha value is -0.580. The van der Waals surface area contributed by atoms with Gasteiger partial charge in [0, 0.05) is 41.7 Å². The summed E-state index contributed by atoms with van der Waals surface area (Å²) >= 11 is 0. The van der Waals surface area contributed by atoms with E-state index < -0.39 is 0 Å². The quantitative estimate of drug-likeness (QED) is 0.292. The van der Waals surface area contributed by atoms with Crippen molar-refractivity contribution in [1.29, 1.82) is 0 Å². The van der Waals surface area contributed by atoms with E-state index in [1.807, 2.05) is 0 Å². The Balaban J connectivity index is 0.000001000. The van der Waals surface area contributed by atoms with Crippen LogP contribution >= 0.6 is 0 Å². The molecule has 0 aliphatic carbocycles. The second-order valence-electron chi connectivity index (χ2n) is 1.70. The number of rotatable bonds is 1. The first-order valence-corrected chi connectivity index (χ1v) is 2.72. The molecule has 53 valence electrons. The number of benzene rings is 1. The van der Waals surface area contributed by atoms with Crippen LogP contribution in [-0.4, -0.2) is 39.6 Å². The molecule has 1 radical (unpaired) electrons. The molecule has 0 aromatic heterocycles. The van der Waals surface area contributed by atoms with Crippen LogP contribution in [0.5, 0.6) is 0 Å². The average Bonchev–Trinajstić information content (AvgIpc) is 2.05. The maximum atomic E-state index is 10.5. The van der Waals surface area contributed by atoms with Crippen molar-refractivity contribution in [2.24, 2.45) is 5.28 Å². The summed E-state index contributed by atoms with van der Waals surface area (Å²) in [7, 11) is 0. The van der Waals surface area contributed by atoms with Gasteiger partial charge in [0.2, 0.25) is 11.0 Å². The van der Waals surface area contributed by atoms with E-state index in [2.05, 4.69) is 5.28 Å². The average molecular weight is 161 g/mol. The summed E-state index contributed by atoms with van der Waals surface area (Å²) in [5, 5.41) is 21.0. The van der Waals surface area contributed by atoms with Crippen LogP contribution in [0.4, 0.5) is 5.69 Å². The molecule has 1 aromatic carbocycles. The van der Waals surface area contributed by atoms with Gasteiger partial charge in [-0.15, -0.1) is 0 Å². The van der Waals surface area contributed by atoms with Gasteiger partial charge in [-0.25, -0.2) is 0 Å². The summed E-state index contributed by atoms with van der Waals surface area (Å²) in [6, 6.07) is 8.24. The molecule has 1 rings (SSSR count). The van der Waals surface area contributed by atoms with Crippen molar-refractivity contribution in [1.82, 2.24) is 0 Å². The summed E-state index contributed by atoms with van der Waals surface area (Å²) < 4.78 is 0. The number of para-hydroxylation sites is 1. The van der Waals surface area contributed by atoms with Gasteiger partial charge in [0.25, 0.3) is 0 Å². The molecule has 4 nitrogen and oxygen atoms in total. The standard InChI is InChI=1S/C6H6N2O2.Na/c9-7-8(10)6-4-2-1-3-5-6;/h1-5,9H;. The molecule has 0 heterocycles. The first-order chi connectivity index (χ1) is 4.84. The maximum absolute atomic E-state index is 10.5. The van der Waals surface area contributed by atoms with Crippen LogP contribution < -0.4 is 0 Å². The summed E-state index contributed by atoms with van der Waals surface area (Å²) in [5.41, 5.74) is 0.310. The van der Waals surface area contributed by atoms with Crippen molar-refractivity contribution in [3.8, 4) is 0 Å². The van der Waals surface area contributed by atoms with Crippen LogP contribution in [0, 0.1) is 5.21 Å². The fraction of sp³-hybridized carbons (Fsp3) is 0. The van der Waals surface area contributed by atoms with Gasteiger partial charge in [0.15, 0.2) is 0 Å². The van der Waals surface area contributed by atoms with Gasteiger partial charge in [0.05, 0.1) is 0 Å². The normalized spacial score (nSPS) is 10.4. The third kappa shape index (κ3) is 2.88. The molecule has 0 spiro atoms. The van der Waals surface area contributed by atoms with Crippen LogP contribution in [0.3, 0.4) is 0 Å². The zero-order valence-corrected chi connectivity index (χ0v) is 8.14. The predicted octanol–water partition coefficient (Wildman–Crippen LogP) is 1.29. The van der Waals surface area contributed by atoms with Crippen molar-refractivity contribution in [2.75, 3.05) is 0 Å². The van der Waals surface area contributed by atoms with Crippen molar-refractivity contribution in [3.63, 3.8) is 0 Å². The fourth-order valence-corrected chi connectivity index (χ4v) is 0.607. The third-order valence-corrected chi connectivity index (χ3v) is 1.06. The molecule has 0 aliphatic heterocycles. The Bertz CT molecular complexity index is 238. The van der Waals surface area contributed by atoms with Crippen LogP contribution in [0.1, 0.15) is 0 Å². The zero-order chi connectivity index (χ0) is 7.40. The SMILES string of the molecule is [Na].[O-][N+](=NO)c1ccccc1. The topological polar surface area (TPSA) is 58.7 Å². The molecule has 5 heteroatoms. The summed E-state index contributed by atoms with van der Waals surface area (Å²) in [6.45, 7) is 0. The van der Waals surface area contributed by atoms with Crippen molar-refractivity contribution in [3.05, 3.63) is 35.5 Å². The minimum absolute atomic E-state index is 0. The van der Waals surface area contributed by atoms with E-state index in [0.717, 1.165) is 0 Å². The predicted molar refractivity (Wildman–Crippen MR) is 39.7 cm³/mol. The molecule has 1 N–H and O–H groups in total. The van der Waals surface area contributed by atoms with E-state index in [4.69, 9.17) is 5.21 Å². The molecule has 0 saturated heterocycles. The molecular formula is C6H6N2NaO2. The van der Waals surface area contributed by atoms with E-state index in [1.165, 1.54) is 0 Å². The molecular weight excluding hydrogens is 155 g/mol. The molecule has 0 aliphatic rings. The van der Waals surface area contributed by atoms with E-state index in [9.17, 15) is 5.21 Å². The first-order valence-electron chi connectivity index (χ1n) is 2.72. The van der Waals surface area contributed by atoms with Gasteiger partial charge in [0.1, 0.15) is 0 Å². The molecule has 1 aromatic rings. The Morgan fingerprint density at radius 2 is 1.82 bits per heavy atom. The van der Waals surface area contributed by atoms with Gasteiger partial charge in [-0.05, 0) is 4.86 Å². The minimum Gasteiger partial charge on any atom is -0.592 e.